The highest BCUT2D eigenvalue weighted by Gasteiger charge is 1.83. The maximum Gasteiger partial charge on any atom is 0.00155 e. The van der Waals surface area contributed by atoms with E-state index in [0.717, 1.165) is 11.1 Å². The molecule has 0 saturated carbocycles. The van der Waals surface area contributed by atoms with Crippen LogP contribution in [0.5, 0.6) is 0 Å². The molecule has 0 nitrogen and oxygen atoms in total. The van der Waals surface area contributed by atoms with E-state index in [2.05, 4.69) is 12.5 Å². The molecule has 8 heavy (non-hydrogen) atoms. The lowest BCUT2D eigenvalue weighted by Gasteiger charge is -1.89. The van der Waals surface area contributed by atoms with Gasteiger partial charge in [0.05, 0.1) is 0 Å². The van der Waals surface area contributed by atoms with Gasteiger partial charge in [-0.3, -0.25) is 0 Å². The molecule has 0 rings (SSSR count). The van der Waals surface area contributed by atoms with E-state index in [1.807, 2.05) is 13.8 Å². The molecule has 0 aromatic rings. The van der Waals surface area contributed by atoms with E-state index in [1.54, 1.807) is 6.08 Å². The predicted molar refractivity (Wildman–Crippen MR) is 37.4 cm³/mol. The Balaban J connectivity index is 4.33. The quantitative estimate of drug-likeness (QED) is 0.355. The van der Waals surface area contributed by atoms with Gasteiger partial charge >= 0.3 is 0 Å². The van der Waals surface area contributed by atoms with Crippen molar-refractivity contribution >= 4 is 0 Å². The van der Waals surface area contributed by atoms with E-state index < -0.39 is 0 Å². The van der Waals surface area contributed by atoms with Crippen molar-refractivity contribution in [2.24, 2.45) is 0 Å². The fourth-order valence-electron chi connectivity index (χ4n) is 0.267. The van der Waals surface area contributed by atoms with Crippen LogP contribution in [0, 0.1) is 12.3 Å². The number of terminal acetylenes is 1. The third-order valence-electron chi connectivity index (χ3n) is 1.11. The highest BCUT2D eigenvalue weighted by atomic mass is 13.9. The van der Waals surface area contributed by atoms with Crippen LogP contribution >= 0.6 is 0 Å². The number of hydrogen-bond donors (Lipinski definition) is 0. The first kappa shape index (κ1) is 7.04. The fraction of sp³-hybridized carbons (Fsp3) is 0.250. The van der Waals surface area contributed by atoms with Crippen LogP contribution in [-0.2, 0) is 0 Å². The molecule has 0 fully saturated rings. The Kier molecular flexibility index (Phi) is 2.72. The van der Waals surface area contributed by atoms with Crippen LogP contribution in [-0.4, -0.2) is 0 Å². The van der Waals surface area contributed by atoms with Gasteiger partial charge in [-0.05, 0) is 19.4 Å². The van der Waals surface area contributed by atoms with Gasteiger partial charge in [0, 0.05) is 5.57 Å². The number of hydrogen-bond acceptors (Lipinski definition) is 0. The van der Waals surface area contributed by atoms with Gasteiger partial charge in [0.2, 0.25) is 0 Å². The molecule has 0 N–H and O–H groups in total. The summed E-state index contributed by atoms with van der Waals surface area (Å²) in [7, 11) is 0. The van der Waals surface area contributed by atoms with Crippen molar-refractivity contribution in [3.63, 3.8) is 0 Å². The molecule has 0 radical (unpaired) electrons. The molecule has 0 aliphatic carbocycles. The number of rotatable bonds is 1. The molecule has 0 bridgehead atoms. The first-order chi connectivity index (χ1) is 3.72. The highest BCUT2D eigenvalue weighted by Crippen LogP contribution is 2.00. The van der Waals surface area contributed by atoms with E-state index in [0.29, 0.717) is 0 Å². The molecule has 0 amide bonds. The second-order valence-corrected chi connectivity index (χ2v) is 1.66. The van der Waals surface area contributed by atoms with Gasteiger partial charge in [0.15, 0.2) is 0 Å². The van der Waals surface area contributed by atoms with Crippen LogP contribution in [0.3, 0.4) is 0 Å². The Bertz CT molecular complexity index is 153. The zero-order valence-electron chi connectivity index (χ0n) is 5.36. The Morgan fingerprint density at radius 1 is 1.62 bits per heavy atom. The fourth-order valence-corrected chi connectivity index (χ4v) is 0.267. The third kappa shape index (κ3) is 1.66. The molecule has 0 atom stereocenters. The SMILES string of the molecule is C#C/C(C)=C(/C)C=C. The summed E-state index contributed by atoms with van der Waals surface area (Å²) in [5.41, 5.74) is 2.03. The average Bonchev–Trinajstić information content (AvgIpc) is 1.84. The Morgan fingerprint density at radius 3 is 2.25 bits per heavy atom. The second-order valence-electron chi connectivity index (χ2n) is 1.66. The maximum atomic E-state index is 5.09. The normalized spacial score (nSPS) is 11.6. The molecule has 0 spiro atoms. The van der Waals surface area contributed by atoms with Crippen molar-refractivity contribution in [3.8, 4) is 12.3 Å². The molecular formula is C8H10. The Hall–Kier alpha value is -0.960. The third-order valence-corrected chi connectivity index (χ3v) is 1.11. The minimum absolute atomic E-state index is 0.958. The molecule has 0 aliphatic heterocycles. The largest absolute Gasteiger partial charge is 0.115 e. The van der Waals surface area contributed by atoms with Crippen LogP contribution in [0.25, 0.3) is 0 Å². The summed E-state index contributed by atoms with van der Waals surface area (Å²) in [5.74, 6) is 2.52. The van der Waals surface area contributed by atoms with Crippen molar-refractivity contribution in [1.82, 2.24) is 0 Å². The lowest BCUT2D eigenvalue weighted by molar-refractivity contribution is 1.41. The summed E-state index contributed by atoms with van der Waals surface area (Å²) >= 11 is 0. The minimum Gasteiger partial charge on any atom is -0.115 e. The lowest BCUT2D eigenvalue weighted by Crippen LogP contribution is -1.72. The minimum atomic E-state index is 0.958. The van der Waals surface area contributed by atoms with Crippen molar-refractivity contribution in [2.75, 3.05) is 0 Å². The van der Waals surface area contributed by atoms with Crippen LogP contribution in [0.1, 0.15) is 13.8 Å². The maximum absolute atomic E-state index is 5.09. The van der Waals surface area contributed by atoms with Crippen molar-refractivity contribution in [3.05, 3.63) is 23.8 Å². The Morgan fingerprint density at radius 2 is 2.12 bits per heavy atom. The predicted octanol–water partition coefficient (Wildman–Crippen LogP) is 2.14. The van der Waals surface area contributed by atoms with Crippen molar-refractivity contribution < 1.29 is 0 Å². The summed E-state index contributed by atoms with van der Waals surface area (Å²) in [4.78, 5) is 0. The van der Waals surface area contributed by atoms with Gasteiger partial charge in [-0.15, -0.1) is 6.42 Å². The number of allylic oxidation sites excluding steroid dienone is 3. The summed E-state index contributed by atoms with van der Waals surface area (Å²) < 4.78 is 0. The summed E-state index contributed by atoms with van der Waals surface area (Å²) in [6.07, 6.45) is 6.85. The van der Waals surface area contributed by atoms with Gasteiger partial charge < -0.3 is 0 Å². The summed E-state index contributed by atoms with van der Waals surface area (Å²) in [6.45, 7) is 7.42. The zero-order chi connectivity index (χ0) is 6.57. The second kappa shape index (κ2) is 3.10. The van der Waals surface area contributed by atoms with Crippen LogP contribution < -0.4 is 0 Å². The smallest absolute Gasteiger partial charge is 0.00155 e. The molecule has 42 valence electrons. The molecule has 0 unspecified atom stereocenters. The summed E-state index contributed by atoms with van der Waals surface area (Å²) in [6, 6.07) is 0. The van der Waals surface area contributed by atoms with Gasteiger partial charge in [0.1, 0.15) is 0 Å². The molecular weight excluding hydrogens is 96.1 g/mol. The molecule has 0 aromatic heterocycles. The van der Waals surface area contributed by atoms with E-state index >= 15 is 0 Å². The standard InChI is InChI=1S/C8H10/c1-5-7(3)8(4)6-2/h1,6H,2H2,3-4H3/b8-7-. The van der Waals surface area contributed by atoms with Gasteiger partial charge in [-0.25, -0.2) is 0 Å². The van der Waals surface area contributed by atoms with E-state index in [-0.39, 0.29) is 0 Å². The van der Waals surface area contributed by atoms with Gasteiger partial charge in [-0.2, -0.15) is 0 Å². The first-order valence-corrected chi connectivity index (χ1v) is 2.49. The van der Waals surface area contributed by atoms with Gasteiger partial charge in [-0.1, -0.05) is 18.6 Å². The lowest BCUT2D eigenvalue weighted by atomic mass is 10.2. The van der Waals surface area contributed by atoms with Gasteiger partial charge in [0.25, 0.3) is 0 Å². The summed E-state index contributed by atoms with van der Waals surface area (Å²) in [5, 5.41) is 0. The topological polar surface area (TPSA) is 0 Å². The monoisotopic (exact) mass is 106 g/mol. The first-order valence-electron chi connectivity index (χ1n) is 2.49. The Labute approximate surface area is 50.9 Å². The average molecular weight is 106 g/mol. The van der Waals surface area contributed by atoms with Crippen molar-refractivity contribution in [2.45, 2.75) is 13.8 Å². The van der Waals surface area contributed by atoms with E-state index in [4.69, 9.17) is 6.42 Å². The van der Waals surface area contributed by atoms with E-state index in [9.17, 15) is 0 Å². The molecule has 0 aromatic carbocycles. The van der Waals surface area contributed by atoms with Crippen molar-refractivity contribution in [1.29, 1.82) is 0 Å². The molecule has 0 heterocycles. The van der Waals surface area contributed by atoms with Crippen LogP contribution in [0.15, 0.2) is 23.8 Å². The van der Waals surface area contributed by atoms with Crippen LogP contribution in [0.4, 0.5) is 0 Å². The molecule has 0 heteroatoms. The van der Waals surface area contributed by atoms with E-state index in [1.165, 1.54) is 0 Å². The highest BCUT2D eigenvalue weighted by molar-refractivity contribution is 5.33. The molecule has 0 saturated heterocycles. The van der Waals surface area contributed by atoms with Crippen LogP contribution in [0.2, 0.25) is 0 Å². The zero-order valence-corrected chi connectivity index (χ0v) is 5.36. The molecule has 0 aliphatic rings.